The monoisotopic (exact) mass is 235 g/mol. The molecule has 84 valence electrons. The summed E-state index contributed by atoms with van der Waals surface area (Å²) in [7, 11) is 0. The number of rotatable bonds is 3. The van der Waals surface area contributed by atoms with Crippen LogP contribution in [-0.4, -0.2) is 18.5 Å². The molecule has 2 N–H and O–H groups in total. The van der Waals surface area contributed by atoms with Gasteiger partial charge in [-0.05, 0) is 30.8 Å². The Labute approximate surface area is 98.3 Å². The van der Waals surface area contributed by atoms with E-state index < -0.39 is 0 Å². The Balaban J connectivity index is 1.89. The molecule has 2 heterocycles. The van der Waals surface area contributed by atoms with E-state index in [4.69, 9.17) is 5.26 Å². The molecule has 1 aliphatic rings. The molecule has 0 spiro atoms. The summed E-state index contributed by atoms with van der Waals surface area (Å²) < 4.78 is 0. The van der Waals surface area contributed by atoms with Crippen LogP contribution in [0.15, 0.2) is 11.4 Å². The van der Waals surface area contributed by atoms with Crippen molar-refractivity contribution in [3.05, 3.63) is 17.0 Å². The molecule has 5 heteroatoms. The van der Waals surface area contributed by atoms with Gasteiger partial charge in [-0.15, -0.1) is 11.3 Å². The maximum Gasteiger partial charge on any atom is 0.226 e. The summed E-state index contributed by atoms with van der Waals surface area (Å²) in [4.78, 5) is 11.7. The molecule has 0 aliphatic carbocycles. The van der Waals surface area contributed by atoms with E-state index in [9.17, 15) is 4.79 Å². The van der Waals surface area contributed by atoms with Crippen LogP contribution in [0.2, 0.25) is 0 Å². The smallest absolute Gasteiger partial charge is 0.226 e. The Hall–Kier alpha value is -1.38. The Morgan fingerprint density at radius 1 is 1.75 bits per heavy atom. The number of amides is 1. The molecular formula is C11H13N3OS. The minimum absolute atomic E-state index is 0.0154. The summed E-state index contributed by atoms with van der Waals surface area (Å²) in [5.41, 5.74) is 0.540. The zero-order valence-corrected chi connectivity index (χ0v) is 9.64. The highest BCUT2D eigenvalue weighted by atomic mass is 32.1. The molecule has 1 aliphatic heterocycles. The fraction of sp³-hybridized carbons (Fsp3) is 0.455. The minimum atomic E-state index is -0.0154. The van der Waals surface area contributed by atoms with Crippen LogP contribution in [-0.2, 0) is 4.79 Å². The second kappa shape index (κ2) is 5.10. The number of anilines is 1. The first-order valence-corrected chi connectivity index (χ1v) is 6.18. The van der Waals surface area contributed by atoms with Gasteiger partial charge in [-0.3, -0.25) is 4.79 Å². The van der Waals surface area contributed by atoms with E-state index in [-0.39, 0.29) is 5.91 Å². The van der Waals surface area contributed by atoms with E-state index in [1.54, 1.807) is 6.07 Å². The molecule has 16 heavy (non-hydrogen) atoms. The normalized spacial score (nSPS) is 19.3. The van der Waals surface area contributed by atoms with E-state index in [1.165, 1.54) is 11.3 Å². The predicted molar refractivity (Wildman–Crippen MR) is 63.3 cm³/mol. The van der Waals surface area contributed by atoms with Crippen molar-refractivity contribution in [3.8, 4) is 6.07 Å². The zero-order valence-electron chi connectivity index (χ0n) is 8.82. The molecule has 0 radical (unpaired) electrons. The highest BCUT2D eigenvalue weighted by Crippen LogP contribution is 2.22. The Kier molecular flexibility index (Phi) is 3.54. The van der Waals surface area contributed by atoms with Gasteiger partial charge in [0.15, 0.2) is 0 Å². The van der Waals surface area contributed by atoms with Crippen molar-refractivity contribution in [2.45, 2.75) is 25.3 Å². The SMILES string of the molecule is N#Cc1ccsc1NC(=O)CC1CCCN1. The van der Waals surface area contributed by atoms with Gasteiger partial charge in [0.1, 0.15) is 11.1 Å². The third-order valence-electron chi connectivity index (χ3n) is 2.63. The fourth-order valence-electron chi connectivity index (χ4n) is 1.83. The van der Waals surface area contributed by atoms with Crippen LogP contribution < -0.4 is 10.6 Å². The third kappa shape index (κ3) is 2.60. The molecule has 0 aromatic carbocycles. The van der Waals surface area contributed by atoms with E-state index in [0.29, 0.717) is 23.0 Å². The van der Waals surface area contributed by atoms with Crippen molar-refractivity contribution >= 4 is 22.2 Å². The van der Waals surface area contributed by atoms with Gasteiger partial charge in [0.2, 0.25) is 5.91 Å². The Morgan fingerprint density at radius 2 is 2.62 bits per heavy atom. The lowest BCUT2D eigenvalue weighted by atomic mass is 10.1. The van der Waals surface area contributed by atoms with Gasteiger partial charge in [-0.1, -0.05) is 0 Å². The fourth-order valence-corrected chi connectivity index (χ4v) is 2.58. The average molecular weight is 235 g/mol. The minimum Gasteiger partial charge on any atom is -0.317 e. The number of nitrogens with one attached hydrogen (secondary N) is 2. The van der Waals surface area contributed by atoms with Crippen LogP contribution in [0.1, 0.15) is 24.8 Å². The van der Waals surface area contributed by atoms with Crippen molar-refractivity contribution < 1.29 is 4.79 Å². The maximum absolute atomic E-state index is 11.7. The molecule has 1 aromatic rings. The van der Waals surface area contributed by atoms with Crippen molar-refractivity contribution in [3.63, 3.8) is 0 Å². The van der Waals surface area contributed by atoms with Crippen LogP contribution in [0, 0.1) is 11.3 Å². The van der Waals surface area contributed by atoms with Crippen LogP contribution in [0.5, 0.6) is 0 Å². The molecule has 0 bridgehead atoms. The Bertz CT molecular complexity index is 415. The van der Waals surface area contributed by atoms with E-state index >= 15 is 0 Å². The quantitative estimate of drug-likeness (QED) is 0.838. The highest BCUT2D eigenvalue weighted by Gasteiger charge is 2.18. The van der Waals surface area contributed by atoms with Gasteiger partial charge in [-0.2, -0.15) is 5.26 Å². The topological polar surface area (TPSA) is 64.9 Å². The molecule has 1 unspecified atom stereocenters. The standard InChI is InChI=1S/C11H13N3OS/c12-7-8-3-5-16-11(8)14-10(15)6-9-2-1-4-13-9/h3,5,9,13H,1-2,4,6H2,(H,14,15). The maximum atomic E-state index is 11.7. The number of hydrogen-bond donors (Lipinski definition) is 2. The van der Waals surface area contributed by atoms with Crippen LogP contribution in [0.25, 0.3) is 0 Å². The predicted octanol–water partition coefficient (Wildman–Crippen LogP) is 1.70. The number of carbonyl (C=O) groups is 1. The molecule has 1 saturated heterocycles. The first-order chi connectivity index (χ1) is 7.79. The Morgan fingerprint density at radius 3 is 3.31 bits per heavy atom. The third-order valence-corrected chi connectivity index (χ3v) is 3.46. The summed E-state index contributed by atoms with van der Waals surface area (Å²) in [6.45, 7) is 1.00. The second-order valence-electron chi connectivity index (χ2n) is 3.82. The average Bonchev–Trinajstić information content (AvgIpc) is 2.88. The van der Waals surface area contributed by atoms with Crippen molar-refractivity contribution in [2.24, 2.45) is 0 Å². The van der Waals surface area contributed by atoms with Crippen molar-refractivity contribution in [1.82, 2.24) is 5.32 Å². The molecule has 0 saturated carbocycles. The lowest BCUT2D eigenvalue weighted by Crippen LogP contribution is -2.27. The molecule has 4 nitrogen and oxygen atoms in total. The first kappa shape index (κ1) is 11.1. The molecule has 1 amide bonds. The van der Waals surface area contributed by atoms with E-state index in [2.05, 4.69) is 16.7 Å². The lowest BCUT2D eigenvalue weighted by molar-refractivity contribution is -0.116. The van der Waals surface area contributed by atoms with Crippen LogP contribution in [0.3, 0.4) is 0 Å². The van der Waals surface area contributed by atoms with Crippen LogP contribution in [0.4, 0.5) is 5.00 Å². The second-order valence-corrected chi connectivity index (χ2v) is 4.74. The molecule has 2 rings (SSSR count). The van der Waals surface area contributed by atoms with Gasteiger partial charge >= 0.3 is 0 Å². The number of carbonyl (C=O) groups excluding carboxylic acids is 1. The van der Waals surface area contributed by atoms with E-state index in [1.807, 2.05) is 5.38 Å². The van der Waals surface area contributed by atoms with Gasteiger partial charge in [0, 0.05) is 12.5 Å². The number of thiophene rings is 1. The first-order valence-electron chi connectivity index (χ1n) is 5.30. The van der Waals surface area contributed by atoms with Gasteiger partial charge in [0.25, 0.3) is 0 Å². The molecule has 1 atom stereocenters. The largest absolute Gasteiger partial charge is 0.317 e. The summed E-state index contributed by atoms with van der Waals surface area (Å²) >= 11 is 1.39. The van der Waals surface area contributed by atoms with Crippen molar-refractivity contribution in [2.75, 3.05) is 11.9 Å². The summed E-state index contributed by atoms with van der Waals surface area (Å²) in [6, 6.07) is 4.07. The molecule has 1 aromatic heterocycles. The summed E-state index contributed by atoms with van der Waals surface area (Å²) in [5.74, 6) is -0.0154. The zero-order chi connectivity index (χ0) is 11.4. The van der Waals surface area contributed by atoms with Gasteiger partial charge < -0.3 is 10.6 Å². The number of nitriles is 1. The lowest BCUT2D eigenvalue weighted by Gasteiger charge is -2.09. The van der Waals surface area contributed by atoms with Gasteiger partial charge in [0.05, 0.1) is 5.56 Å². The van der Waals surface area contributed by atoms with Gasteiger partial charge in [-0.25, -0.2) is 0 Å². The van der Waals surface area contributed by atoms with Crippen molar-refractivity contribution in [1.29, 1.82) is 5.26 Å². The van der Waals surface area contributed by atoms with Crippen LogP contribution >= 0.6 is 11.3 Å². The summed E-state index contributed by atoms with van der Waals surface area (Å²) in [6.07, 6.45) is 2.69. The highest BCUT2D eigenvalue weighted by molar-refractivity contribution is 7.14. The summed E-state index contributed by atoms with van der Waals surface area (Å²) in [5, 5.41) is 17.3. The van der Waals surface area contributed by atoms with E-state index in [0.717, 1.165) is 19.4 Å². The molecular weight excluding hydrogens is 222 g/mol. The number of nitrogens with zero attached hydrogens (tertiary/aromatic N) is 1. The molecule has 1 fully saturated rings. The number of hydrogen-bond acceptors (Lipinski definition) is 4.